The molecule has 0 saturated carbocycles. The Labute approximate surface area is 175 Å². The van der Waals surface area contributed by atoms with Crippen LogP contribution < -0.4 is 9.80 Å². The van der Waals surface area contributed by atoms with Crippen molar-refractivity contribution in [3.8, 4) is 0 Å². The average Bonchev–Trinajstić information content (AvgIpc) is 3.11. The maximum atomic E-state index is 13.0. The number of nitro groups is 1. The highest BCUT2D eigenvalue weighted by Gasteiger charge is 2.37. The monoisotopic (exact) mass is 420 g/mol. The number of rotatable bonds is 4. The van der Waals surface area contributed by atoms with Gasteiger partial charge in [0.05, 0.1) is 10.6 Å². The molecule has 1 aliphatic rings. The fourth-order valence-electron chi connectivity index (χ4n) is 3.14. The quantitative estimate of drug-likeness (QED) is 0.359. The van der Waals surface area contributed by atoms with Crippen LogP contribution in [0.5, 0.6) is 0 Å². The Kier molecular flexibility index (Phi) is 4.73. The van der Waals surface area contributed by atoms with E-state index < -0.39 is 16.9 Å². The molecule has 156 valence electrons. The molecule has 3 heterocycles. The zero-order chi connectivity index (χ0) is 22.3. The number of carbonyl (C=O) groups is 2. The third-order valence-electron chi connectivity index (χ3n) is 4.80. The number of benzene rings is 1. The lowest BCUT2D eigenvalue weighted by Gasteiger charge is -2.26. The number of aromatic nitrogens is 3. The van der Waals surface area contributed by atoms with Gasteiger partial charge in [0.15, 0.2) is 17.3 Å². The molecule has 2 aromatic heterocycles. The molecule has 4 rings (SSSR count). The molecule has 0 N–H and O–H groups in total. The molecule has 0 aliphatic carbocycles. The van der Waals surface area contributed by atoms with Crippen molar-refractivity contribution in [2.45, 2.75) is 6.92 Å². The van der Waals surface area contributed by atoms with Gasteiger partial charge in [0.1, 0.15) is 0 Å². The van der Waals surface area contributed by atoms with Crippen molar-refractivity contribution in [1.29, 1.82) is 0 Å². The summed E-state index contributed by atoms with van der Waals surface area (Å²) in [6, 6.07) is 7.12. The second-order valence-corrected chi connectivity index (χ2v) is 6.78. The number of aryl methyl sites for hydroxylation is 1. The number of carbonyl (C=O) groups excluding carboxylic acids is 2. The summed E-state index contributed by atoms with van der Waals surface area (Å²) >= 11 is 0. The highest BCUT2D eigenvalue weighted by Crippen LogP contribution is 2.43. The molecule has 3 aromatic rings. The number of nitrogens with zero attached hydrogens (tertiary/aromatic N) is 8. The Bertz CT molecular complexity index is 1250. The van der Waals surface area contributed by atoms with E-state index in [1.165, 1.54) is 54.5 Å². The molecule has 0 spiro atoms. The number of pyridine rings is 1. The summed E-state index contributed by atoms with van der Waals surface area (Å²) in [7, 11) is 2.99. The average molecular weight is 420 g/mol. The number of amides is 2. The van der Waals surface area contributed by atoms with Gasteiger partial charge in [-0.2, -0.15) is 9.80 Å². The van der Waals surface area contributed by atoms with Crippen LogP contribution in [-0.2, 0) is 0 Å². The van der Waals surface area contributed by atoms with E-state index in [0.29, 0.717) is 11.1 Å². The van der Waals surface area contributed by atoms with Crippen LogP contribution in [0.3, 0.4) is 0 Å². The number of azo groups is 1. The Balaban J connectivity index is 1.81. The molecule has 2 amide bonds. The molecule has 2 bridgehead atoms. The van der Waals surface area contributed by atoms with E-state index in [2.05, 4.69) is 20.3 Å². The van der Waals surface area contributed by atoms with Crippen molar-refractivity contribution in [3.05, 3.63) is 64.0 Å². The lowest BCUT2D eigenvalue weighted by Crippen LogP contribution is -2.41. The maximum absolute atomic E-state index is 13.0. The summed E-state index contributed by atoms with van der Waals surface area (Å²) in [5.41, 5.74) is 1.17. The van der Waals surface area contributed by atoms with Crippen molar-refractivity contribution < 1.29 is 14.5 Å². The second-order valence-electron chi connectivity index (χ2n) is 6.78. The number of anilines is 2. The number of nitro benzene ring substituents is 1. The number of fused-ring (bicyclic) bond motifs is 2. The number of hydrogen-bond acceptors (Lipinski definition) is 8. The van der Waals surface area contributed by atoms with Crippen molar-refractivity contribution in [2.75, 3.05) is 23.9 Å². The molecule has 0 fully saturated rings. The minimum atomic E-state index is -0.500. The predicted molar refractivity (Wildman–Crippen MR) is 110 cm³/mol. The molecule has 0 atom stereocenters. The van der Waals surface area contributed by atoms with Gasteiger partial charge >= 0.3 is 6.03 Å². The molecule has 31 heavy (non-hydrogen) atoms. The van der Waals surface area contributed by atoms with Crippen molar-refractivity contribution in [2.24, 2.45) is 10.2 Å². The fourth-order valence-corrected chi connectivity index (χ4v) is 3.14. The first kappa shape index (κ1) is 19.8. The zero-order valence-electron chi connectivity index (χ0n) is 16.8. The first-order valence-electron chi connectivity index (χ1n) is 9.05. The topological polar surface area (TPSA) is 139 Å². The van der Waals surface area contributed by atoms with E-state index in [-0.39, 0.29) is 28.7 Å². The van der Waals surface area contributed by atoms with Crippen LogP contribution in [0.15, 0.2) is 53.0 Å². The smallest absolute Gasteiger partial charge is 0.279 e. The normalized spacial score (nSPS) is 13.2. The van der Waals surface area contributed by atoms with Crippen LogP contribution in [0.2, 0.25) is 0 Å². The Hall–Kier alpha value is -4.48. The van der Waals surface area contributed by atoms with Crippen LogP contribution in [-0.4, -0.2) is 45.7 Å². The third kappa shape index (κ3) is 3.29. The third-order valence-corrected chi connectivity index (χ3v) is 4.80. The lowest BCUT2D eigenvalue weighted by molar-refractivity contribution is -0.385. The summed E-state index contributed by atoms with van der Waals surface area (Å²) in [5.74, 6) is -0.183. The van der Waals surface area contributed by atoms with Crippen LogP contribution >= 0.6 is 0 Å². The minimum Gasteiger partial charge on any atom is -0.279 e. The van der Waals surface area contributed by atoms with E-state index in [4.69, 9.17) is 0 Å². The second kappa shape index (κ2) is 7.40. The standard InChI is InChI=1S/C19H16N8O4/c1-11-4-5-13(10-14(11)27(30)31)21-22-15-16-23-26(17(15)25(3)19(29)24(16)2)18(28)12-6-8-20-9-7-12/h4-10H,1-3H3. The molecule has 0 radical (unpaired) electrons. The highest BCUT2D eigenvalue weighted by molar-refractivity contribution is 6.13. The zero-order valence-corrected chi connectivity index (χ0v) is 16.8. The Morgan fingerprint density at radius 1 is 1.10 bits per heavy atom. The maximum Gasteiger partial charge on any atom is 0.330 e. The molecule has 1 aliphatic heterocycles. The van der Waals surface area contributed by atoms with Gasteiger partial charge in [0, 0.05) is 43.7 Å². The minimum absolute atomic E-state index is 0.0861. The van der Waals surface area contributed by atoms with Gasteiger partial charge in [0.25, 0.3) is 11.6 Å². The summed E-state index contributed by atoms with van der Waals surface area (Å²) in [5, 5.41) is 23.7. The first-order chi connectivity index (χ1) is 14.8. The highest BCUT2D eigenvalue weighted by atomic mass is 16.6. The van der Waals surface area contributed by atoms with Gasteiger partial charge in [-0.05, 0) is 25.1 Å². The van der Waals surface area contributed by atoms with Gasteiger partial charge in [-0.25, -0.2) is 4.79 Å². The van der Waals surface area contributed by atoms with Crippen LogP contribution in [0.4, 0.5) is 33.5 Å². The molecule has 12 nitrogen and oxygen atoms in total. The van der Waals surface area contributed by atoms with Crippen molar-refractivity contribution >= 4 is 40.6 Å². The predicted octanol–water partition coefficient (Wildman–Crippen LogP) is 3.60. The Morgan fingerprint density at radius 2 is 1.81 bits per heavy atom. The van der Waals surface area contributed by atoms with Crippen molar-refractivity contribution in [1.82, 2.24) is 14.8 Å². The summed E-state index contributed by atoms with van der Waals surface area (Å²) < 4.78 is 1.08. The van der Waals surface area contributed by atoms with Crippen molar-refractivity contribution in [3.63, 3.8) is 0 Å². The number of urea groups is 1. The van der Waals surface area contributed by atoms with E-state index >= 15 is 0 Å². The fraction of sp³-hybridized carbons (Fsp3) is 0.158. The lowest BCUT2D eigenvalue weighted by atomic mass is 10.2. The van der Waals surface area contributed by atoms with E-state index in [1.54, 1.807) is 19.1 Å². The first-order valence-corrected chi connectivity index (χ1v) is 9.05. The number of hydrogen-bond donors (Lipinski definition) is 0. The van der Waals surface area contributed by atoms with Gasteiger partial charge in [-0.15, -0.1) is 10.2 Å². The molecule has 12 heteroatoms. The molecule has 0 saturated heterocycles. The largest absolute Gasteiger partial charge is 0.330 e. The summed E-state index contributed by atoms with van der Waals surface area (Å²) in [4.78, 5) is 42.5. The Morgan fingerprint density at radius 3 is 2.48 bits per heavy atom. The molecular formula is C19H16N8O4. The SMILES string of the molecule is Cc1ccc(N=Nc2c3nn(C(=O)c4ccncc4)c2N(C)C(=O)N3C)cc1[N+](=O)[O-]. The molecule has 0 unspecified atom stereocenters. The summed E-state index contributed by atoms with van der Waals surface area (Å²) in [6.07, 6.45) is 2.95. The van der Waals surface area contributed by atoms with Gasteiger partial charge in [0.2, 0.25) is 0 Å². The van der Waals surface area contributed by atoms with Gasteiger partial charge < -0.3 is 0 Å². The van der Waals surface area contributed by atoms with Gasteiger partial charge in [-0.3, -0.25) is 29.7 Å². The molecule has 1 aromatic carbocycles. The molecular weight excluding hydrogens is 404 g/mol. The van der Waals surface area contributed by atoms with Gasteiger partial charge in [-0.1, -0.05) is 6.07 Å². The van der Waals surface area contributed by atoms with Crippen LogP contribution in [0, 0.1) is 17.0 Å². The van der Waals surface area contributed by atoms with Crippen LogP contribution in [0.1, 0.15) is 15.9 Å². The van der Waals surface area contributed by atoms with E-state index in [1.807, 2.05) is 0 Å². The van der Waals surface area contributed by atoms with E-state index in [9.17, 15) is 19.7 Å². The van der Waals surface area contributed by atoms with E-state index in [0.717, 1.165) is 4.68 Å². The summed E-state index contributed by atoms with van der Waals surface area (Å²) in [6.45, 7) is 1.62. The van der Waals surface area contributed by atoms with Crippen LogP contribution in [0.25, 0.3) is 0 Å².